The Morgan fingerprint density at radius 2 is 2.36 bits per heavy atom. The summed E-state index contributed by atoms with van der Waals surface area (Å²) in [5.41, 5.74) is 0. The second-order valence-corrected chi connectivity index (χ2v) is 3.61. The molecule has 0 saturated carbocycles. The number of nitrogens with one attached hydrogen (secondary N) is 1. The van der Waals surface area contributed by atoms with E-state index in [9.17, 15) is 4.79 Å². The van der Waals surface area contributed by atoms with Gasteiger partial charge in [-0.1, -0.05) is 6.92 Å². The van der Waals surface area contributed by atoms with Crippen molar-refractivity contribution in [1.82, 2.24) is 10.2 Å². The van der Waals surface area contributed by atoms with Crippen molar-refractivity contribution >= 4 is 5.91 Å². The minimum atomic E-state index is -0.0325. The van der Waals surface area contributed by atoms with Gasteiger partial charge in [-0.3, -0.25) is 4.79 Å². The SMILES string of the molecule is CCCOCCN1CCNC(C)C1=O. The molecule has 1 aliphatic rings. The van der Waals surface area contributed by atoms with Crippen LogP contribution in [0.15, 0.2) is 0 Å². The molecular formula is C10H20N2O2. The quantitative estimate of drug-likeness (QED) is 0.646. The molecule has 0 radical (unpaired) electrons. The summed E-state index contributed by atoms with van der Waals surface area (Å²) in [6.07, 6.45) is 1.03. The zero-order chi connectivity index (χ0) is 10.4. The molecule has 0 aromatic carbocycles. The Morgan fingerprint density at radius 1 is 1.57 bits per heavy atom. The van der Waals surface area contributed by atoms with Crippen LogP contribution in [0, 0.1) is 0 Å². The van der Waals surface area contributed by atoms with E-state index in [1.165, 1.54) is 0 Å². The lowest BCUT2D eigenvalue weighted by Gasteiger charge is -2.31. The van der Waals surface area contributed by atoms with Crippen molar-refractivity contribution in [2.45, 2.75) is 26.3 Å². The fourth-order valence-corrected chi connectivity index (χ4v) is 1.53. The van der Waals surface area contributed by atoms with Gasteiger partial charge in [0.1, 0.15) is 0 Å². The molecule has 4 heteroatoms. The van der Waals surface area contributed by atoms with Gasteiger partial charge in [0.25, 0.3) is 0 Å². The predicted molar refractivity (Wildman–Crippen MR) is 55.2 cm³/mol. The smallest absolute Gasteiger partial charge is 0.239 e. The second-order valence-electron chi connectivity index (χ2n) is 3.61. The molecule has 82 valence electrons. The molecule has 1 rings (SSSR count). The number of nitrogens with zero attached hydrogens (tertiary/aromatic N) is 1. The van der Waals surface area contributed by atoms with E-state index in [0.29, 0.717) is 6.61 Å². The van der Waals surface area contributed by atoms with Crippen molar-refractivity contribution < 1.29 is 9.53 Å². The van der Waals surface area contributed by atoms with Crippen molar-refractivity contribution in [2.75, 3.05) is 32.8 Å². The topological polar surface area (TPSA) is 41.6 Å². The normalized spacial score (nSPS) is 22.9. The molecule has 0 bridgehead atoms. The maximum atomic E-state index is 11.6. The Labute approximate surface area is 85.6 Å². The lowest BCUT2D eigenvalue weighted by molar-refractivity contribution is -0.135. The number of piperazine rings is 1. The molecule has 0 aliphatic carbocycles. The van der Waals surface area contributed by atoms with Crippen molar-refractivity contribution in [3.8, 4) is 0 Å². The van der Waals surface area contributed by atoms with E-state index in [-0.39, 0.29) is 11.9 Å². The first kappa shape index (κ1) is 11.5. The predicted octanol–water partition coefficient (Wildman–Crippen LogP) is 0.233. The monoisotopic (exact) mass is 200 g/mol. The molecule has 14 heavy (non-hydrogen) atoms. The fourth-order valence-electron chi connectivity index (χ4n) is 1.53. The highest BCUT2D eigenvalue weighted by Gasteiger charge is 2.23. The number of carbonyl (C=O) groups is 1. The lowest BCUT2D eigenvalue weighted by atomic mass is 10.2. The summed E-state index contributed by atoms with van der Waals surface area (Å²) in [5, 5.41) is 3.13. The first-order chi connectivity index (χ1) is 6.75. The molecule has 1 atom stereocenters. The molecule has 1 aliphatic heterocycles. The molecule has 0 aromatic heterocycles. The highest BCUT2D eigenvalue weighted by Crippen LogP contribution is 2.00. The Kier molecular flexibility index (Phi) is 4.90. The number of carbonyl (C=O) groups excluding carboxylic acids is 1. The van der Waals surface area contributed by atoms with Gasteiger partial charge in [-0.05, 0) is 13.3 Å². The van der Waals surface area contributed by atoms with E-state index >= 15 is 0 Å². The van der Waals surface area contributed by atoms with Gasteiger partial charge in [-0.2, -0.15) is 0 Å². The van der Waals surface area contributed by atoms with E-state index in [0.717, 1.165) is 32.7 Å². The summed E-state index contributed by atoms with van der Waals surface area (Å²) < 4.78 is 5.35. The lowest BCUT2D eigenvalue weighted by Crippen LogP contribution is -2.54. The third kappa shape index (κ3) is 3.27. The molecule has 1 heterocycles. The number of ether oxygens (including phenoxy) is 1. The van der Waals surface area contributed by atoms with Gasteiger partial charge in [-0.15, -0.1) is 0 Å². The zero-order valence-corrected chi connectivity index (χ0v) is 9.08. The molecule has 0 aromatic rings. The van der Waals surface area contributed by atoms with Crippen LogP contribution in [0.25, 0.3) is 0 Å². The Bertz CT molecular complexity index is 185. The summed E-state index contributed by atoms with van der Waals surface area (Å²) in [6, 6.07) is -0.0325. The fraction of sp³-hybridized carbons (Fsp3) is 0.900. The first-order valence-electron chi connectivity index (χ1n) is 5.35. The Morgan fingerprint density at radius 3 is 3.07 bits per heavy atom. The highest BCUT2D eigenvalue weighted by molar-refractivity contribution is 5.82. The second kappa shape index (κ2) is 5.98. The van der Waals surface area contributed by atoms with E-state index in [1.807, 2.05) is 11.8 Å². The maximum Gasteiger partial charge on any atom is 0.239 e. The van der Waals surface area contributed by atoms with E-state index in [4.69, 9.17) is 4.74 Å². The molecule has 1 amide bonds. The minimum Gasteiger partial charge on any atom is -0.380 e. The van der Waals surface area contributed by atoms with Crippen LogP contribution in [0.3, 0.4) is 0 Å². The Hall–Kier alpha value is -0.610. The minimum absolute atomic E-state index is 0.0325. The summed E-state index contributed by atoms with van der Waals surface area (Å²) in [4.78, 5) is 13.5. The highest BCUT2D eigenvalue weighted by atomic mass is 16.5. The molecule has 1 fully saturated rings. The third-order valence-corrected chi connectivity index (χ3v) is 2.37. The van der Waals surface area contributed by atoms with E-state index in [1.54, 1.807) is 0 Å². The third-order valence-electron chi connectivity index (χ3n) is 2.37. The summed E-state index contributed by atoms with van der Waals surface area (Å²) in [5.74, 6) is 0.191. The zero-order valence-electron chi connectivity index (χ0n) is 9.08. The molecular weight excluding hydrogens is 180 g/mol. The van der Waals surface area contributed by atoms with Crippen molar-refractivity contribution in [1.29, 1.82) is 0 Å². The summed E-state index contributed by atoms with van der Waals surface area (Å²) in [7, 11) is 0. The number of hydrogen-bond acceptors (Lipinski definition) is 3. The van der Waals surface area contributed by atoms with Crippen LogP contribution >= 0.6 is 0 Å². The van der Waals surface area contributed by atoms with Gasteiger partial charge in [0.15, 0.2) is 0 Å². The van der Waals surface area contributed by atoms with Gasteiger partial charge in [-0.25, -0.2) is 0 Å². The average molecular weight is 200 g/mol. The van der Waals surface area contributed by atoms with Gasteiger partial charge in [0.2, 0.25) is 5.91 Å². The van der Waals surface area contributed by atoms with Crippen LogP contribution < -0.4 is 5.32 Å². The van der Waals surface area contributed by atoms with Crippen LogP contribution in [0.5, 0.6) is 0 Å². The van der Waals surface area contributed by atoms with Gasteiger partial charge < -0.3 is 15.0 Å². The molecule has 1 N–H and O–H groups in total. The van der Waals surface area contributed by atoms with Crippen LogP contribution in [0.4, 0.5) is 0 Å². The number of amides is 1. The van der Waals surface area contributed by atoms with Crippen molar-refractivity contribution in [2.24, 2.45) is 0 Å². The maximum absolute atomic E-state index is 11.6. The van der Waals surface area contributed by atoms with Gasteiger partial charge in [0.05, 0.1) is 12.6 Å². The van der Waals surface area contributed by atoms with Crippen molar-refractivity contribution in [3.63, 3.8) is 0 Å². The van der Waals surface area contributed by atoms with Crippen LogP contribution in [0.2, 0.25) is 0 Å². The Balaban J connectivity index is 2.19. The van der Waals surface area contributed by atoms with Crippen LogP contribution in [-0.2, 0) is 9.53 Å². The van der Waals surface area contributed by atoms with Crippen molar-refractivity contribution in [3.05, 3.63) is 0 Å². The van der Waals surface area contributed by atoms with Crippen LogP contribution in [-0.4, -0.2) is 49.7 Å². The standard InChI is InChI=1S/C10H20N2O2/c1-3-7-14-8-6-12-5-4-11-9(2)10(12)13/h9,11H,3-8H2,1-2H3. The molecule has 1 saturated heterocycles. The largest absolute Gasteiger partial charge is 0.380 e. The molecule has 0 spiro atoms. The van der Waals surface area contributed by atoms with E-state index < -0.39 is 0 Å². The summed E-state index contributed by atoms with van der Waals surface area (Å²) in [6.45, 7) is 7.85. The van der Waals surface area contributed by atoms with Gasteiger partial charge >= 0.3 is 0 Å². The number of hydrogen-bond donors (Lipinski definition) is 1. The van der Waals surface area contributed by atoms with Gasteiger partial charge in [0, 0.05) is 26.2 Å². The van der Waals surface area contributed by atoms with Crippen LogP contribution in [0.1, 0.15) is 20.3 Å². The molecule has 1 unspecified atom stereocenters. The average Bonchev–Trinajstić information content (AvgIpc) is 2.19. The number of rotatable bonds is 5. The summed E-state index contributed by atoms with van der Waals surface area (Å²) >= 11 is 0. The van der Waals surface area contributed by atoms with E-state index in [2.05, 4.69) is 12.2 Å². The molecule has 4 nitrogen and oxygen atoms in total. The first-order valence-corrected chi connectivity index (χ1v) is 5.35.